The fourth-order valence-corrected chi connectivity index (χ4v) is 2.14. The molecule has 6 nitrogen and oxygen atoms in total. The van der Waals surface area contributed by atoms with E-state index in [-0.39, 0.29) is 18.1 Å². The molecule has 0 aliphatic carbocycles. The van der Waals surface area contributed by atoms with Crippen LogP contribution in [0.5, 0.6) is 23.0 Å². The highest BCUT2D eigenvalue weighted by molar-refractivity contribution is 5.43. The van der Waals surface area contributed by atoms with Crippen LogP contribution in [0.1, 0.15) is 5.56 Å². The Kier molecular flexibility index (Phi) is 6.72. The summed E-state index contributed by atoms with van der Waals surface area (Å²) in [4.78, 5) is 0. The van der Waals surface area contributed by atoms with E-state index in [1.165, 1.54) is 23.8 Å². The van der Waals surface area contributed by atoms with E-state index >= 15 is 0 Å². The number of hydrogen-bond donors (Lipinski definition) is 4. The lowest BCUT2D eigenvalue weighted by Gasteiger charge is -2.13. The summed E-state index contributed by atoms with van der Waals surface area (Å²) in [5.74, 6) is 0.768. The SMILES string of the molecule is COc1ccc(CCNC[C@@H](O)COc2ccc(O)c(O)c2)cc1. The van der Waals surface area contributed by atoms with Gasteiger partial charge in [-0.3, -0.25) is 0 Å². The zero-order valence-electron chi connectivity index (χ0n) is 13.6. The summed E-state index contributed by atoms with van der Waals surface area (Å²) in [7, 11) is 1.64. The Labute approximate surface area is 141 Å². The van der Waals surface area contributed by atoms with Crippen LogP contribution in [0.25, 0.3) is 0 Å². The van der Waals surface area contributed by atoms with Crippen molar-refractivity contribution in [3.05, 3.63) is 48.0 Å². The smallest absolute Gasteiger partial charge is 0.161 e. The van der Waals surface area contributed by atoms with Crippen LogP contribution in [0.2, 0.25) is 0 Å². The van der Waals surface area contributed by atoms with Gasteiger partial charge in [-0.05, 0) is 42.8 Å². The van der Waals surface area contributed by atoms with Gasteiger partial charge < -0.3 is 30.1 Å². The Morgan fingerprint density at radius 2 is 1.71 bits per heavy atom. The van der Waals surface area contributed by atoms with Crippen LogP contribution in [0.4, 0.5) is 0 Å². The third-order valence-electron chi connectivity index (χ3n) is 3.52. The maximum Gasteiger partial charge on any atom is 0.161 e. The first-order valence-electron chi connectivity index (χ1n) is 7.75. The second-order valence-corrected chi connectivity index (χ2v) is 5.42. The first kappa shape index (κ1) is 17.9. The minimum atomic E-state index is -0.670. The van der Waals surface area contributed by atoms with Crippen molar-refractivity contribution in [2.24, 2.45) is 0 Å². The van der Waals surface area contributed by atoms with E-state index in [1.54, 1.807) is 7.11 Å². The van der Waals surface area contributed by atoms with Crippen molar-refractivity contribution >= 4 is 0 Å². The average molecular weight is 333 g/mol. The molecule has 4 N–H and O–H groups in total. The topological polar surface area (TPSA) is 91.2 Å². The number of methoxy groups -OCH3 is 1. The maximum absolute atomic E-state index is 9.88. The first-order valence-corrected chi connectivity index (χ1v) is 7.75. The lowest BCUT2D eigenvalue weighted by Crippen LogP contribution is -2.32. The summed E-state index contributed by atoms with van der Waals surface area (Å²) in [6.45, 7) is 1.24. The van der Waals surface area contributed by atoms with Crippen LogP contribution in [-0.4, -0.2) is 48.2 Å². The first-order chi connectivity index (χ1) is 11.6. The van der Waals surface area contributed by atoms with Crippen LogP contribution in [-0.2, 0) is 6.42 Å². The number of hydrogen-bond acceptors (Lipinski definition) is 6. The second kappa shape index (κ2) is 9.00. The lowest BCUT2D eigenvalue weighted by molar-refractivity contribution is 0.106. The van der Waals surface area contributed by atoms with Crippen LogP contribution in [0.15, 0.2) is 42.5 Å². The minimum Gasteiger partial charge on any atom is -0.504 e. The predicted molar refractivity (Wildman–Crippen MR) is 90.8 cm³/mol. The van der Waals surface area contributed by atoms with Crippen LogP contribution < -0.4 is 14.8 Å². The Morgan fingerprint density at radius 1 is 1.00 bits per heavy atom. The largest absolute Gasteiger partial charge is 0.504 e. The lowest BCUT2D eigenvalue weighted by atomic mass is 10.1. The number of aliphatic hydroxyl groups excluding tert-OH is 1. The van der Waals surface area contributed by atoms with Gasteiger partial charge in [0.25, 0.3) is 0 Å². The van der Waals surface area contributed by atoms with Crippen LogP contribution in [0, 0.1) is 0 Å². The molecule has 0 saturated carbocycles. The van der Waals surface area contributed by atoms with E-state index < -0.39 is 6.10 Å². The highest BCUT2D eigenvalue weighted by Crippen LogP contribution is 2.28. The van der Waals surface area contributed by atoms with Crippen LogP contribution >= 0.6 is 0 Å². The van der Waals surface area contributed by atoms with Crippen molar-refractivity contribution in [3.63, 3.8) is 0 Å². The zero-order chi connectivity index (χ0) is 17.4. The molecule has 0 aromatic heterocycles. The molecule has 0 aliphatic rings. The molecule has 0 radical (unpaired) electrons. The fourth-order valence-electron chi connectivity index (χ4n) is 2.14. The molecule has 0 unspecified atom stereocenters. The summed E-state index contributed by atoms with van der Waals surface area (Å²) in [6, 6.07) is 12.0. The van der Waals surface area contributed by atoms with Crippen molar-refractivity contribution in [2.75, 3.05) is 26.8 Å². The van der Waals surface area contributed by atoms with Crippen molar-refractivity contribution in [1.82, 2.24) is 5.32 Å². The highest BCUT2D eigenvalue weighted by atomic mass is 16.5. The predicted octanol–water partition coefficient (Wildman–Crippen LogP) is 1.68. The van der Waals surface area contributed by atoms with Gasteiger partial charge in [-0.2, -0.15) is 0 Å². The normalized spacial score (nSPS) is 11.9. The molecule has 24 heavy (non-hydrogen) atoms. The zero-order valence-corrected chi connectivity index (χ0v) is 13.6. The van der Waals surface area contributed by atoms with Crippen molar-refractivity contribution in [2.45, 2.75) is 12.5 Å². The third kappa shape index (κ3) is 5.64. The van der Waals surface area contributed by atoms with Gasteiger partial charge in [0.15, 0.2) is 11.5 Å². The number of aromatic hydroxyl groups is 2. The Morgan fingerprint density at radius 3 is 2.38 bits per heavy atom. The third-order valence-corrected chi connectivity index (χ3v) is 3.52. The molecule has 2 rings (SSSR count). The molecule has 0 spiro atoms. The van der Waals surface area contributed by atoms with Gasteiger partial charge in [-0.1, -0.05) is 12.1 Å². The van der Waals surface area contributed by atoms with Gasteiger partial charge >= 0.3 is 0 Å². The summed E-state index contributed by atoms with van der Waals surface area (Å²) >= 11 is 0. The highest BCUT2D eigenvalue weighted by Gasteiger charge is 2.07. The standard InChI is InChI=1S/C18H23NO5/c1-23-15-4-2-13(3-5-15)8-9-19-11-14(20)12-24-16-6-7-17(21)18(22)10-16/h2-7,10,14,19-22H,8-9,11-12H2,1H3/t14-/m1/s1. The fraction of sp³-hybridized carbons (Fsp3) is 0.333. The van der Waals surface area contributed by atoms with Gasteiger partial charge in [0.05, 0.1) is 7.11 Å². The molecule has 2 aromatic rings. The molecule has 130 valence electrons. The van der Waals surface area contributed by atoms with Gasteiger partial charge in [0.1, 0.15) is 24.2 Å². The number of phenolic OH excluding ortho intramolecular Hbond substituents is 2. The van der Waals surface area contributed by atoms with E-state index in [2.05, 4.69) is 5.32 Å². The number of phenols is 2. The van der Waals surface area contributed by atoms with Gasteiger partial charge in [-0.15, -0.1) is 0 Å². The molecular formula is C18H23NO5. The molecule has 0 fully saturated rings. The minimum absolute atomic E-state index is 0.0970. The van der Waals surface area contributed by atoms with Crippen molar-refractivity contribution in [3.8, 4) is 23.0 Å². The van der Waals surface area contributed by atoms with E-state index in [1.807, 2.05) is 24.3 Å². The average Bonchev–Trinajstić information content (AvgIpc) is 2.60. The van der Waals surface area contributed by atoms with Gasteiger partial charge in [0, 0.05) is 12.6 Å². The second-order valence-electron chi connectivity index (χ2n) is 5.42. The summed E-state index contributed by atoms with van der Waals surface area (Å²) in [6.07, 6.45) is 0.181. The molecule has 6 heteroatoms. The molecule has 1 atom stereocenters. The summed E-state index contributed by atoms with van der Waals surface area (Å²) in [5.41, 5.74) is 1.19. The molecule has 0 saturated heterocycles. The molecular weight excluding hydrogens is 310 g/mol. The van der Waals surface area contributed by atoms with Gasteiger partial charge in [-0.25, -0.2) is 0 Å². The van der Waals surface area contributed by atoms with Crippen molar-refractivity contribution < 1.29 is 24.8 Å². The molecule has 2 aromatic carbocycles. The van der Waals surface area contributed by atoms with E-state index in [0.29, 0.717) is 12.3 Å². The molecule has 0 aliphatic heterocycles. The number of aliphatic hydroxyl groups is 1. The quantitative estimate of drug-likeness (QED) is 0.412. The van der Waals surface area contributed by atoms with E-state index in [4.69, 9.17) is 9.47 Å². The van der Waals surface area contributed by atoms with E-state index in [9.17, 15) is 15.3 Å². The summed E-state index contributed by atoms with van der Waals surface area (Å²) in [5, 5.41) is 31.6. The van der Waals surface area contributed by atoms with Crippen LogP contribution in [0.3, 0.4) is 0 Å². The van der Waals surface area contributed by atoms with E-state index in [0.717, 1.165) is 18.7 Å². The summed E-state index contributed by atoms with van der Waals surface area (Å²) < 4.78 is 10.5. The Balaban J connectivity index is 1.63. The Hall–Kier alpha value is -2.44. The maximum atomic E-state index is 9.88. The monoisotopic (exact) mass is 333 g/mol. The Bertz CT molecular complexity index is 630. The number of nitrogens with one attached hydrogen (secondary N) is 1. The number of ether oxygens (including phenoxy) is 2. The van der Waals surface area contributed by atoms with Crippen molar-refractivity contribution in [1.29, 1.82) is 0 Å². The molecule has 0 heterocycles. The number of benzene rings is 2. The molecule has 0 amide bonds. The molecule has 0 bridgehead atoms. The van der Waals surface area contributed by atoms with Gasteiger partial charge in [0.2, 0.25) is 0 Å². The number of rotatable bonds is 9.